The van der Waals surface area contributed by atoms with Gasteiger partial charge < -0.3 is 15.0 Å². The normalized spacial score (nSPS) is 17.0. The van der Waals surface area contributed by atoms with Gasteiger partial charge in [-0.1, -0.05) is 48.5 Å². The monoisotopic (exact) mass is 525 g/mol. The summed E-state index contributed by atoms with van der Waals surface area (Å²) in [6.07, 6.45) is -2.88. The van der Waals surface area contributed by atoms with E-state index in [4.69, 9.17) is 4.74 Å². The van der Waals surface area contributed by atoms with E-state index in [1.54, 1.807) is 0 Å². The van der Waals surface area contributed by atoms with Crippen LogP contribution in [0, 0.1) is 0 Å². The van der Waals surface area contributed by atoms with Crippen molar-refractivity contribution in [1.82, 2.24) is 15.2 Å². The fourth-order valence-corrected chi connectivity index (χ4v) is 4.76. The van der Waals surface area contributed by atoms with E-state index in [1.165, 1.54) is 17.2 Å². The van der Waals surface area contributed by atoms with Crippen molar-refractivity contribution in [2.75, 3.05) is 26.2 Å². The number of hydrogen-bond donors (Lipinski definition) is 1. The molecule has 186 valence electrons. The van der Waals surface area contributed by atoms with E-state index >= 15 is 0 Å². The number of pyridine rings is 1. The van der Waals surface area contributed by atoms with Crippen molar-refractivity contribution in [3.8, 4) is 11.1 Å². The van der Waals surface area contributed by atoms with Crippen molar-refractivity contribution in [2.45, 2.75) is 18.1 Å². The van der Waals surface area contributed by atoms with E-state index in [0.29, 0.717) is 13.1 Å². The van der Waals surface area contributed by atoms with Gasteiger partial charge in [0.05, 0.1) is 11.6 Å². The maximum absolute atomic E-state index is 13.4. The van der Waals surface area contributed by atoms with Gasteiger partial charge in [-0.15, -0.1) is 24.8 Å². The van der Waals surface area contributed by atoms with Gasteiger partial charge in [0.15, 0.2) is 0 Å². The number of amides is 1. The van der Waals surface area contributed by atoms with Crippen LogP contribution in [0.3, 0.4) is 0 Å². The number of rotatable bonds is 3. The standard InChI is InChI=1S/C25H22F3N3O2.2ClH/c26-25(27,28)22-13-29-10-9-20(22)23-14-31(12-11-30-23)24(32)33-15-21-18-7-3-1-5-16(18)17-6-2-4-8-19(17)21;;/h1-10,13,21,23,30H,11-12,14-15H2;2*1H. The van der Waals surface area contributed by atoms with Crippen LogP contribution in [0.4, 0.5) is 18.0 Å². The van der Waals surface area contributed by atoms with Crippen molar-refractivity contribution in [2.24, 2.45) is 0 Å². The van der Waals surface area contributed by atoms with Gasteiger partial charge in [0.2, 0.25) is 0 Å². The summed E-state index contributed by atoms with van der Waals surface area (Å²) in [4.78, 5) is 18.0. The third kappa shape index (κ3) is 5.24. The fourth-order valence-electron chi connectivity index (χ4n) is 4.76. The number of alkyl halides is 3. The van der Waals surface area contributed by atoms with E-state index in [-0.39, 0.29) is 49.4 Å². The number of nitrogens with one attached hydrogen (secondary N) is 1. The Balaban J connectivity index is 0.00000171. The number of nitrogens with zero attached hydrogens (tertiary/aromatic N) is 2. The molecule has 1 unspecified atom stereocenters. The van der Waals surface area contributed by atoms with Crippen molar-refractivity contribution < 1.29 is 22.7 Å². The lowest BCUT2D eigenvalue weighted by molar-refractivity contribution is -0.138. The van der Waals surface area contributed by atoms with Crippen LogP contribution in [0.5, 0.6) is 0 Å². The Morgan fingerprint density at radius 1 is 1.00 bits per heavy atom. The molecular weight excluding hydrogens is 502 g/mol. The lowest BCUT2D eigenvalue weighted by atomic mass is 9.98. The molecule has 2 aromatic carbocycles. The second kappa shape index (κ2) is 10.8. The molecule has 1 fully saturated rings. The largest absolute Gasteiger partial charge is 0.448 e. The molecule has 10 heteroatoms. The quantitative estimate of drug-likeness (QED) is 0.466. The van der Waals surface area contributed by atoms with Gasteiger partial charge in [-0.25, -0.2) is 4.79 Å². The first-order valence-electron chi connectivity index (χ1n) is 10.8. The molecule has 1 amide bonds. The fraction of sp³-hybridized carbons (Fsp3) is 0.280. The highest BCUT2D eigenvalue weighted by molar-refractivity contribution is 5.85. The van der Waals surface area contributed by atoms with E-state index in [2.05, 4.69) is 22.4 Å². The minimum absolute atomic E-state index is 0. The van der Waals surface area contributed by atoms with Crippen LogP contribution in [-0.2, 0) is 10.9 Å². The number of fused-ring (bicyclic) bond motifs is 3. The third-order valence-corrected chi connectivity index (χ3v) is 6.31. The smallest absolute Gasteiger partial charge is 0.418 e. The summed E-state index contributed by atoms with van der Waals surface area (Å²) in [5, 5.41) is 3.08. The van der Waals surface area contributed by atoms with Crippen molar-refractivity contribution >= 4 is 30.9 Å². The first-order chi connectivity index (χ1) is 15.9. The molecule has 0 radical (unpaired) electrons. The van der Waals surface area contributed by atoms with E-state index in [9.17, 15) is 18.0 Å². The minimum Gasteiger partial charge on any atom is -0.448 e. The average molecular weight is 526 g/mol. The second-order valence-corrected chi connectivity index (χ2v) is 8.22. The van der Waals surface area contributed by atoms with Crippen molar-refractivity contribution in [1.29, 1.82) is 0 Å². The van der Waals surface area contributed by atoms with Crippen LogP contribution in [0.15, 0.2) is 67.0 Å². The number of benzene rings is 2. The van der Waals surface area contributed by atoms with Crippen LogP contribution in [0.1, 0.15) is 34.2 Å². The summed E-state index contributed by atoms with van der Waals surface area (Å²) in [7, 11) is 0. The number of hydrogen-bond acceptors (Lipinski definition) is 4. The Morgan fingerprint density at radius 3 is 2.26 bits per heavy atom. The molecule has 0 saturated carbocycles. The second-order valence-electron chi connectivity index (χ2n) is 8.22. The van der Waals surface area contributed by atoms with Crippen LogP contribution in [-0.4, -0.2) is 42.2 Å². The highest BCUT2D eigenvalue weighted by Gasteiger charge is 2.37. The van der Waals surface area contributed by atoms with Gasteiger partial charge in [0.25, 0.3) is 0 Å². The lowest BCUT2D eigenvalue weighted by Gasteiger charge is -2.34. The maximum atomic E-state index is 13.4. The predicted molar refractivity (Wildman–Crippen MR) is 131 cm³/mol. The zero-order valence-corrected chi connectivity index (χ0v) is 20.1. The third-order valence-electron chi connectivity index (χ3n) is 6.31. The first-order valence-corrected chi connectivity index (χ1v) is 10.8. The van der Waals surface area contributed by atoms with E-state index < -0.39 is 23.9 Å². The number of carbonyl (C=O) groups is 1. The molecule has 1 aromatic heterocycles. The number of halogens is 5. The Labute approximate surface area is 213 Å². The molecule has 1 N–H and O–H groups in total. The number of ether oxygens (including phenoxy) is 1. The molecule has 1 saturated heterocycles. The van der Waals surface area contributed by atoms with Gasteiger partial charge in [0.1, 0.15) is 6.61 Å². The summed E-state index contributed by atoms with van der Waals surface area (Å²) >= 11 is 0. The van der Waals surface area contributed by atoms with Crippen LogP contribution < -0.4 is 5.32 Å². The zero-order valence-electron chi connectivity index (χ0n) is 18.5. The van der Waals surface area contributed by atoms with Gasteiger partial charge in [-0.2, -0.15) is 13.2 Å². The van der Waals surface area contributed by atoms with Crippen molar-refractivity contribution in [3.05, 3.63) is 89.2 Å². The molecule has 1 aliphatic carbocycles. The van der Waals surface area contributed by atoms with Gasteiger partial charge in [0, 0.05) is 37.9 Å². The number of aromatic nitrogens is 1. The van der Waals surface area contributed by atoms with Gasteiger partial charge in [-0.3, -0.25) is 4.98 Å². The van der Waals surface area contributed by atoms with Crippen molar-refractivity contribution in [3.63, 3.8) is 0 Å². The summed E-state index contributed by atoms with van der Waals surface area (Å²) in [5.41, 5.74) is 3.76. The van der Waals surface area contributed by atoms with Gasteiger partial charge >= 0.3 is 12.3 Å². The molecule has 3 aromatic rings. The molecule has 0 bridgehead atoms. The van der Waals surface area contributed by atoms with Crippen LogP contribution in [0.2, 0.25) is 0 Å². The van der Waals surface area contributed by atoms with Crippen LogP contribution >= 0.6 is 24.8 Å². The summed E-state index contributed by atoms with van der Waals surface area (Å²) in [6, 6.07) is 16.8. The first kappa shape index (κ1) is 26.8. The van der Waals surface area contributed by atoms with E-state index in [0.717, 1.165) is 28.5 Å². The highest BCUT2D eigenvalue weighted by Crippen LogP contribution is 2.44. The highest BCUT2D eigenvalue weighted by atomic mass is 35.5. The molecular formula is C25H24Cl2F3N3O2. The topological polar surface area (TPSA) is 54.5 Å². The van der Waals surface area contributed by atoms with Gasteiger partial charge in [-0.05, 0) is 33.9 Å². The molecule has 35 heavy (non-hydrogen) atoms. The Kier molecular flexibility index (Phi) is 8.30. The number of piperazine rings is 1. The Hall–Kier alpha value is -2.81. The van der Waals surface area contributed by atoms with E-state index in [1.807, 2.05) is 36.4 Å². The lowest BCUT2D eigenvalue weighted by Crippen LogP contribution is -2.49. The molecule has 1 atom stereocenters. The summed E-state index contributed by atoms with van der Waals surface area (Å²) in [5.74, 6) is -0.0721. The molecule has 2 heterocycles. The molecule has 2 aliphatic rings. The zero-order chi connectivity index (χ0) is 23.0. The summed E-state index contributed by atoms with van der Waals surface area (Å²) < 4.78 is 46.0. The Morgan fingerprint density at radius 2 is 1.63 bits per heavy atom. The van der Waals surface area contributed by atoms with Crippen LogP contribution in [0.25, 0.3) is 11.1 Å². The molecule has 1 aliphatic heterocycles. The predicted octanol–water partition coefficient (Wildman–Crippen LogP) is 5.84. The molecule has 0 spiro atoms. The molecule has 5 rings (SSSR count). The SMILES string of the molecule is Cl.Cl.O=C(OCC1c2ccccc2-c2ccccc21)N1CCNC(c2ccncc2C(F)(F)F)C1. The molecule has 5 nitrogen and oxygen atoms in total. The average Bonchev–Trinajstić information content (AvgIpc) is 3.16. The maximum Gasteiger partial charge on any atom is 0.418 e. The minimum atomic E-state index is -4.52. The Bertz CT molecular complexity index is 1150. The summed E-state index contributed by atoms with van der Waals surface area (Å²) in [6.45, 7) is 0.988. The number of carbonyl (C=O) groups excluding carboxylic acids is 1.